The lowest BCUT2D eigenvalue weighted by Gasteiger charge is -2.36. The SMILES string of the molecule is CCOCC(F)(F)C(F)(F)C(F)(F)C(F)(F)COc1ccc(-c2ncccn2)cc1. The van der Waals surface area contributed by atoms with Crippen LogP contribution in [0.5, 0.6) is 5.75 Å². The Labute approximate surface area is 165 Å². The lowest BCUT2D eigenvalue weighted by atomic mass is 9.99. The van der Waals surface area contributed by atoms with E-state index in [1.165, 1.54) is 24.5 Å². The first-order chi connectivity index (χ1) is 13.9. The van der Waals surface area contributed by atoms with E-state index in [1.54, 1.807) is 6.07 Å². The van der Waals surface area contributed by atoms with E-state index in [4.69, 9.17) is 0 Å². The van der Waals surface area contributed by atoms with E-state index in [2.05, 4.69) is 19.4 Å². The molecule has 1 heterocycles. The molecule has 166 valence electrons. The summed E-state index contributed by atoms with van der Waals surface area (Å²) in [6, 6.07) is 6.35. The number of alkyl halides is 8. The summed E-state index contributed by atoms with van der Waals surface area (Å²) in [6.07, 6.45) is 2.88. The first-order valence-electron chi connectivity index (χ1n) is 8.45. The Kier molecular flexibility index (Phi) is 6.90. The molecule has 0 saturated carbocycles. The molecule has 12 heteroatoms. The van der Waals surface area contributed by atoms with Crippen molar-refractivity contribution in [2.75, 3.05) is 19.8 Å². The monoisotopic (exact) mass is 444 g/mol. The first-order valence-corrected chi connectivity index (χ1v) is 8.45. The summed E-state index contributed by atoms with van der Waals surface area (Å²) in [5.74, 6) is -24.1. The van der Waals surface area contributed by atoms with Gasteiger partial charge in [0.25, 0.3) is 0 Å². The molecule has 2 rings (SSSR count). The van der Waals surface area contributed by atoms with Gasteiger partial charge in [0.1, 0.15) is 12.4 Å². The largest absolute Gasteiger partial charge is 0.487 e. The molecule has 0 amide bonds. The number of halogens is 8. The van der Waals surface area contributed by atoms with Crippen molar-refractivity contribution in [1.29, 1.82) is 0 Å². The molecule has 0 radical (unpaired) electrons. The average molecular weight is 444 g/mol. The Morgan fingerprint density at radius 1 is 0.767 bits per heavy atom. The highest BCUT2D eigenvalue weighted by atomic mass is 19.4. The maximum Gasteiger partial charge on any atom is 0.381 e. The molecular weight excluding hydrogens is 428 g/mol. The molecule has 0 N–H and O–H groups in total. The van der Waals surface area contributed by atoms with Gasteiger partial charge in [0, 0.05) is 24.6 Å². The lowest BCUT2D eigenvalue weighted by Crippen LogP contribution is -2.64. The normalized spacial score (nSPS) is 13.4. The fourth-order valence-electron chi connectivity index (χ4n) is 2.19. The van der Waals surface area contributed by atoms with Crippen LogP contribution in [-0.2, 0) is 4.74 Å². The molecule has 0 bridgehead atoms. The predicted octanol–water partition coefficient (Wildman–Crippen LogP) is 5.10. The van der Waals surface area contributed by atoms with Gasteiger partial charge >= 0.3 is 23.7 Å². The quantitative estimate of drug-likeness (QED) is 0.479. The Balaban J connectivity index is 2.12. The van der Waals surface area contributed by atoms with Gasteiger partial charge in [0.05, 0.1) is 0 Å². The van der Waals surface area contributed by atoms with E-state index in [0.717, 1.165) is 19.1 Å². The topological polar surface area (TPSA) is 44.2 Å². The van der Waals surface area contributed by atoms with Gasteiger partial charge < -0.3 is 9.47 Å². The average Bonchev–Trinajstić information content (AvgIpc) is 2.71. The molecule has 0 aliphatic heterocycles. The van der Waals surface area contributed by atoms with Crippen molar-refractivity contribution in [2.45, 2.75) is 30.6 Å². The van der Waals surface area contributed by atoms with Gasteiger partial charge in [0.2, 0.25) is 0 Å². The van der Waals surface area contributed by atoms with Gasteiger partial charge in [-0.05, 0) is 37.3 Å². The second-order valence-electron chi connectivity index (χ2n) is 6.08. The zero-order valence-electron chi connectivity index (χ0n) is 15.4. The summed E-state index contributed by atoms with van der Waals surface area (Å²) < 4.78 is 118. The highest BCUT2D eigenvalue weighted by Crippen LogP contribution is 2.52. The van der Waals surface area contributed by atoms with E-state index in [1.807, 2.05) is 0 Å². The molecule has 0 unspecified atom stereocenters. The highest BCUT2D eigenvalue weighted by molar-refractivity contribution is 5.55. The molecule has 2 aromatic rings. The van der Waals surface area contributed by atoms with Crippen molar-refractivity contribution in [3.63, 3.8) is 0 Å². The van der Waals surface area contributed by atoms with Crippen molar-refractivity contribution in [3.8, 4) is 17.1 Å². The molecule has 4 nitrogen and oxygen atoms in total. The Morgan fingerprint density at radius 2 is 1.27 bits per heavy atom. The molecule has 30 heavy (non-hydrogen) atoms. The van der Waals surface area contributed by atoms with E-state index in [0.29, 0.717) is 5.56 Å². The van der Waals surface area contributed by atoms with Crippen molar-refractivity contribution in [3.05, 3.63) is 42.7 Å². The smallest absolute Gasteiger partial charge is 0.381 e. The standard InChI is InChI=1S/C18H16F8N2O2/c1-2-29-10-15(19,20)17(23,24)18(25,26)16(21,22)11-30-13-6-4-12(5-7-13)14-27-8-3-9-28-14/h3-9H,2,10-11H2,1H3. The first kappa shape index (κ1) is 23.8. The minimum atomic E-state index is -6.42. The Morgan fingerprint density at radius 3 is 1.77 bits per heavy atom. The maximum absolute atomic E-state index is 13.8. The maximum atomic E-state index is 13.8. The van der Waals surface area contributed by atoms with Crippen LogP contribution in [0.15, 0.2) is 42.7 Å². The number of nitrogens with zero attached hydrogens (tertiary/aromatic N) is 2. The van der Waals surface area contributed by atoms with Crippen LogP contribution in [0.2, 0.25) is 0 Å². The zero-order chi connectivity index (χ0) is 22.6. The number of ether oxygens (including phenoxy) is 2. The van der Waals surface area contributed by atoms with Crippen LogP contribution in [0, 0.1) is 0 Å². The molecule has 0 spiro atoms. The van der Waals surface area contributed by atoms with Gasteiger partial charge in [-0.3, -0.25) is 0 Å². The van der Waals surface area contributed by atoms with Gasteiger partial charge in [0.15, 0.2) is 12.4 Å². The lowest BCUT2D eigenvalue weighted by molar-refractivity contribution is -0.374. The van der Waals surface area contributed by atoms with Gasteiger partial charge in [-0.25, -0.2) is 9.97 Å². The number of hydrogen-bond acceptors (Lipinski definition) is 4. The number of rotatable bonds is 10. The third-order valence-electron chi connectivity index (χ3n) is 3.90. The number of benzene rings is 1. The van der Waals surface area contributed by atoms with Crippen LogP contribution in [0.1, 0.15) is 6.92 Å². The van der Waals surface area contributed by atoms with Crippen LogP contribution in [-0.4, -0.2) is 53.5 Å². The molecule has 1 aromatic heterocycles. The van der Waals surface area contributed by atoms with E-state index in [-0.39, 0.29) is 11.6 Å². The summed E-state index contributed by atoms with van der Waals surface area (Å²) >= 11 is 0. The molecule has 0 aliphatic rings. The van der Waals surface area contributed by atoms with E-state index < -0.39 is 43.5 Å². The minimum Gasteiger partial charge on any atom is -0.487 e. The molecule has 0 atom stereocenters. The fourth-order valence-corrected chi connectivity index (χ4v) is 2.19. The predicted molar refractivity (Wildman–Crippen MR) is 89.2 cm³/mol. The second kappa shape index (κ2) is 8.70. The number of hydrogen-bond donors (Lipinski definition) is 0. The molecule has 0 fully saturated rings. The third-order valence-corrected chi connectivity index (χ3v) is 3.90. The molecular formula is C18H16F8N2O2. The van der Waals surface area contributed by atoms with Crippen molar-refractivity contribution in [2.24, 2.45) is 0 Å². The number of aromatic nitrogens is 2. The van der Waals surface area contributed by atoms with E-state index in [9.17, 15) is 35.1 Å². The Hall–Kier alpha value is -2.50. The van der Waals surface area contributed by atoms with Gasteiger partial charge in [-0.15, -0.1) is 0 Å². The Bertz CT molecular complexity index is 817. The third kappa shape index (κ3) is 4.63. The molecule has 0 aliphatic carbocycles. The summed E-state index contributed by atoms with van der Waals surface area (Å²) in [6.45, 7) is -3.77. The van der Waals surface area contributed by atoms with Crippen LogP contribution in [0.3, 0.4) is 0 Å². The summed E-state index contributed by atoms with van der Waals surface area (Å²) in [4.78, 5) is 7.86. The molecule has 0 saturated heterocycles. The van der Waals surface area contributed by atoms with Crippen LogP contribution in [0.4, 0.5) is 35.1 Å². The minimum absolute atomic E-state index is 0.275. The fraction of sp³-hybridized carbons (Fsp3) is 0.444. The van der Waals surface area contributed by atoms with Gasteiger partial charge in [-0.2, -0.15) is 35.1 Å². The van der Waals surface area contributed by atoms with E-state index >= 15 is 0 Å². The summed E-state index contributed by atoms with van der Waals surface area (Å²) in [5, 5.41) is 0. The van der Waals surface area contributed by atoms with Crippen molar-refractivity contribution >= 4 is 0 Å². The van der Waals surface area contributed by atoms with Crippen LogP contribution >= 0.6 is 0 Å². The van der Waals surface area contributed by atoms with Gasteiger partial charge in [-0.1, -0.05) is 0 Å². The van der Waals surface area contributed by atoms with Crippen LogP contribution in [0.25, 0.3) is 11.4 Å². The van der Waals surface area contributed by atoms with Crippen LogP contribution < -0.4 is 4.74 Å². The van der Waals surface area contributed by atoms with Crippen molar-refractivity contribution in [1.82, 2.24) is 9.97 Å². The highest BCUT2D eigenvalue weighted by Gasteiger charge is 2.80. The zero-order valence-corrected chi connectivity index (χ0v) is 15.4. The van der Waals surface area contributed by atoms with Crippen molar-refractivity contribution < 1.29 is 44.6 Å². The summed E-state index contributed by atoms with van der Waals surface area (Å²) in [5.41, 5.74) is 0.433. The second-order valence-corrected chi connectivity index (χ2v) is 6.08. The molecule has 1 aromatic carbocycles. The summed E-state index contributed by atoms with van der Waals surface area (Å²) in [7, 11) is 0.